The van der Waals surface area contributed by atoms with E-state index in [1.54, 1.807) is 18.2 Å². The van der Waals surface area contributed by atoms with Gasteiger partial charge in [-0.3, -0.25) is 4.79 Å². The molecule has 0 fully saturated rings. The molecule has 0 bridgehead atoms. The van der Waals surface area contributed by atoms with Gasteiger partial charge in [-0.25, -0.2) is 9.78 Å². The number of carbonyl (C=O) groups is 2. The number of nitrogens with one attached hydrogen (secondary N) is 1. The highest BCUT2D eigenvalue weighted by molar-refractivity contribution is 6.01. The molecule has 1 amide bonds. The maximum absolute atomic E-state index is 11.7. The van der Waals surface area contributed by atoms with Crippen LogP contribution in [-0.4, -0.2) is 24.0 Å². The summed E-state index contributed by atoms with van der Waals surface area (Å²) in [7, 11) is 1.29. The van der Waals surface area contributed by atoms with E-state index in [4.69, 9.17) is 4.42 Å². The van der Waals surface area contributed by atoms with Gasteiger partial charge in [0.25, 0.3) is 0 Å². The fourth-order valence-electron chi connectivity index (χ4n) is 1.61. The van der Waals surface area contributed by atoms with E-state index in [1.165, 1.54) is 31.5 Å². The molecule has 0 radical (unpaired) electrons. The van der Waals surface area contributed by atoms with Crippen LogP contribution in [0.15, 0.2) is 41.0 Å². The third kappa shape index (κ3) is 4.04. The van der Waals surface area contributed by atoms with Crippen LogP contribution in [0.2, 0.25) is 0 Å². The van der Waals surface area contributed by atoms with Gasteiger partial charge in [0.2, 0.25) is 5.91 Å². The number of carbonyl (C=O) groups excluding carboxylic acids is 2. The van der Waals surface area contributed by atoms with Crippen molar-refractivity contribution in [3.05, 3.63) is 53.6 Å². The van der Waals surface area contributed by atoms with Crippen LogP contribution >= 0.6 is 0 Å². The normalized spacial score (nSPS) is 10.6. The zero-order chi connectivity index (χ0) is 15.2. The maximum Gasteiger partial charge on any atom is 0.338 e. The quantitative estimate of drug-likeness (QED) is 0.689. The molecule has 0 spiro atoms. The average Bonchev–Trinajstić information content (AvgIpc) is 2.90. The summed E-state index contributed by atoms with van der Waals surface area (Å²) < 4.78 is 9.90. The number of aromatic nitrogens is 1. The second-order valence-corrected chi connectivity index (χ2v) is 4.19. The van der Waals surface area contributed by atoms with Gasteiger partial charge in [-0.2, -0.15) is 0 Å². The van der Waals surface area contributed by atoms with Crippen LogP contribution in [0.3, 0.4) is 0 Å². The predicted octanol–water partition coefficient (Wildman–Crippen LogP) is 2.42. The van der Waals surface area contributed by atoms with Crippen LogP contribution in [0.1, 0.15) is 21.9 Å². The molecule has 2 rings (SSSR count). The molecular formula is C15H14N2O4. The molecule has 1 N–H and O–H groups in total. The van der Waals surface area contributed by atoms with E-state index >= 15 is 0 Å². The van der Waals surface area contributed by atoms with Gasteiger partial charge < -0.3 is 14.5 Å². The number of amides is 1. The van der Waals surface area contributed by atoms with Crippen molar-refractivity contribution < 1.29 is 18.7 Å². The minimum Gasteiger partial charge on any atom is -0.465 e. The third-order valence-electron chi connectivity index (χ3n) is 2.59. The SMILES string of the molecule is COC(=O)c1ccnc(NC(=O)/C=C/c2ccc(C)o2)c1. The van der Waals surface area contributed by atoms with E-state index in [9.17, 15) is 9.59 Å². The summed E-state index contributed by atoms with van der Waals surface area (Å²) in [6, 6.07) is 6.51. The van der Waals surface area contributed by atoms with Gasteiger partial charge in [-0.1, -0.05) is 0 Å². The van der Waals surface area contributed by atoms with Crippen molar-refractivity contribution in [3.63, 3.8) is 0 Å². The van der Waals surface area contributed by atoms with Crippen LogP contribution in [-0.2, 0) is 9.53 Å². The van der Waals surface area contributed by atoms with Gasteiger partial charge in [0.1, 0.15) is 17.3 Å². The van der Waals surface area contributed by atoms with E-state index in [0.29, 0.717) is 11.3 Å². The molecule has 2 aromatic rings. The summed E-state index contributed by atoms with van der Waals surface area (Å²) >= 11 is 0. The van der Waals surface area contributed by atoms with E-state index in [0.717, 1.165) is 5.76 Å². The zero-order valence-electron chi connectivity index (χ0n) is 11.6. The summed E-state index contributed by atoms with van der Waals surface area (Å²) in [5, 5.41) is 2.55. The standard InChI is InChI=1S/C15H14N2O4/c1-10-3-4-12(21-10)5-6-14(18)17-13-9-11(7-8-16-13)15(19)20-2/h3-9H,1-2H3,(H,16,17,18)/b6-5+. The molecule has 0 saturated heterocycles. The number of nitrogens with zero attached hydrogens (tertiary/aromatic N) is 1. The number of esters is 1. The van der Waals surface area contributed by atoms with Gasteiger partial charge in [0, 0.05) is 12.3 Å². The summed E-state index contributed by atoms with van der Waals surface area (Å²) in [5.41, 5.74) is 0.313. The molecule has 2 aromatic heterocycles. The highest BCUT2D eigenvalue weighted by Gasteiger charge is 2.07. The molecule has 0 saturated carbocycles. The van der Waals surface area contributed by atoms with Crippen LogP contribution in [0.25, 0.3) is 6.08 Å². The maximum atomic E-state index is 11.7. The fourth-order valence-corrected chi connectivity index (χ4v) is 1.61. The summed E-state index contributed by atoms with van der Waals surface area (Å²) in [6.45, 7) is 1.82. The van der Waals surface area contributed by atoms with Crippen molar-refractivity contribution >= 4 is 23.8 Å². The molecule has 108 valence electrons. The molecule has 0 aromatic carbocycles. The predicted molar refractivity (Wildman–Crippen MR) is 76.7 cm³/mol. The Morgan fingerprint density at radius 2 is 2.14 bits per heavy atom. The Hall–Kier alpha value is -2.89. The van der Waals surface area contributed by atoms with Crippen molar-refractivity contribution in [2.24, 2.45) is 0 Å². The Kier molecular flexibility index (Phi) is 4.50. The Morgan fingerprint density at radius 3 is 2.81 bits per heavy atom. The average molecular weight is 286 g/mol. The molecular weight excluding hydrogens is 272 g/mol. The molecule has 21 heavy (non-hydrogen) atoms. The minimum absolute atomic E-state index is 0.267. The van der Waals surface area contributed by atoms with E-state index in [1.807, 2.05) is 6.92 Å². The molecule has 0 aliphatic rings. The second-order valence-electron chi connectivity index (χ2n) is 4.19. The first-order valence-corrected chi connectivity index (χ1v) is 6.18. The van der Waals surface area contributed by atoms with Crippen LogP contribution in [0.4, 0.5) is 5.82 Å². The van der Waals surface area contributed by atoms with E-state index in [2.05, 4.69) is 15.0 Å². The van der Waals surface area contributed by atoms with Crippen molar-refractivity contribution in [3.8, 4) is 0 Å². The number of rotatable bonds is 4. The molecule has 0 unspecified atom stereocenters. The first-order chi connectivity index (χ1) is 10.1. The Bertz CT molecular complexity index is 688. The number of aryl methyl sites for hydroxylation is 1. The summed E-state index contributed by atoms with van der Waals surface area (Å²) in [6.07, 6.45) is 4.29. The molecule has 6 heteroatoms. The van der Waals surface area contributed by atoms with Gasteiger partial charge in [-0.05, 0) is 37.3 Å². The highest BCUT2D eigenvalue weighted by Crippen LogP contribution is 2.10. The number of pyridine rings is 1. The molecule has 0 atom stereocenters. The van der Waals surface area contributed by atoms with Crippen molar-refractivity contribution in [2.45, 2.75) is 6.92 Å². The van der Waals surface area contributed by atoms with Gasteiger partial charge in [-0.15, -0.1) is 0 Å². The number of anilines is 1. The van der Waals surface area contributed by atoms with Crippen molar-refractivity contribution in [1.82, 2.24) is 4.98 Å². The van der Waals surface area contributed by atoms with Gasteiger partial charge >= 0.3 is 5.97 Å². The first-order valence-electron chi connectivity index (χ1n) is 6.18. The smallest absolute Gasteiger partial charge is 0.338 e. The van der Waals surface area contributed by atoms with Crippen molar-refractivity contribution in [2.75, 3.05) is 12.4 Å². The largest absolute Gasteiger partial charge is 0.465 e. The molecule has 0 aliphatic carbocycles. The lowest BCUT2D eigenvalue weighted by Gasteiger charge is -2.03. The lowest BCUT2D eigenvalue weighted by atomic mass is 10.2. The van der Waals surface area contributed by atoms with Crippen molar-refractivity contribution in [1.29, 1.82) is 0 Å². The molecule has 0 aliphatic heterocycles. The topological polar surface area (TPSA) is 81.4 Å². The number of methoxy groups -OCH3 is 1. The Morgan fingerprint density at radius 1 is 1.33 bits per heavy atom. The minimum atomic E-state index is -0.491. The first kappa shape index (κ1) is 14.5. The fraction of sp³-hybridized carbons (Fsp3) is 0.133. The lowest BCUT2D eigenvalue weighted by molar-refractivity contribution is -0.111. The number of hydrogen-bond acceptors (Lipinski definition) is 5. The van der Waals surface area contributed by atoms with Gasteiger partial charge in [0.15, 0.2) is 0 Å². The highest BCUT2D eigenvalue weighted by atomic mass is 16.5. The van der Waals surface area contributed by atoms with E-state index in [-0.39, 0.29) is 11.7 Å². The second kappa shape index (κ2) is 6.51. The van der Waals surface area contributed by atoms with E-state index < -0.39 is 5.97 Å². The number of ether oxygens (including phenoxy) is 1. The number of furan rings is 1. The van der Waals surface area contributed by atoms with Crippen LogP contribution < -0.4 is 5.32 Å². The molecule has 6 nitrogen and oxygen atoms in total. The summed E-state index contributed by atoms with van der Waals surface area (Å²) in [5.74, 6) is 0.748. The monoisotopic (exact) mass is 286 g/mol. The lowest BCUT2D eigenvalue weighted by Crippen LogP contribution is -2.10. The molecule has 2 heterocycles. The third-order valence-corrected chi connectivity index (χ3v) is 2.59. The summed E-state index contributed by atoms with van der Waals surface area (Å²) in [4.78, 5) is 27.1. The Labute approximate surface area is 121 Å². The zero-order valence-corrected chi connectivity index (χ0v) is 11.6. The Balaban J connectivity index is 2.02. The number of hydrogen-bond donors (Lipinski definition) is 1. The van der Waals surface area contributed by atoms with Crippen LogP contribution in [0, 0.1) is 6.92 Å². The van der Waals surface area contributed by atoms with Gasteiger partial charge in [0.05, 0.1) is 12.7 Å². The van der Waals surface area contributed by atoms with Crippen LogP contribution in [0.5, 0.6) is 0 Å².